The molecule has 0 spiro atoms. The number of aromatic nitrogens is 1. The average Bonchev–Trinajstić information content (AvgIpc) is 2.99. The summed E-state index contributed by atoms with van der Waals surface area (Å²) in [6.45, 7) is 0. The van der Waals surface area contributed by atoms with Crippen LogP contribution in [-0.2, 0) is 11.2 Å². The number of fused-ring (bicyclic) bond motifs is 1. The van der Waals surface area contributed by atoms with Crippen molar-refractivity contribution in [2.75, 3.05) is 5.32 Å². The Morgan fingerprint density at radius 1 is 1.21 bits per heavy atom. The quantitative estimate of drug-likeness (QED) is 0.619. The van der Waals surface area contributed by atoms with Gasteiger partial charge < -0.3 is 4.74 Å². The van der Waals surface area contributed by atoms with Crippen molar-refractivity contribution in [1.29, 1.82) is 0 Å². The summed E-state index contributed by atoms with van der Waals surface area (Å²) >= 11 is 7.41. The van der Waals surface area contributed by atoms with Gasteiger partial charge in [0.2, 0.25) is 0 Å². The maximum absolute atomic E-state index is 13.0. The number of benzene rings is 2. The third-order valence-electron chi connectivity index (χ3n) is 4.05. The molecule has 0 atom stereocenters. The lowest BCUT2D eigenvalue weighted by Gasteiger charge is -2.04. The van der Waals surface area contributed by atoms with Crippen molar-refractivity contribution in [3.63, 3.8) is 0 Å². The Morgan fingerprint density at radius 3 is 2.86 bits per heavy atom. The van der Waals surface area contributed by atoms with Crippen molar-refractivity contribution in [3.8, 4) is 5.75 Å². The summed E-state index contributed by atoms with van der Waals surface area (Å²) in [6.07, 6.45) is 7.10. The minimum atomic E-state index is -0.296. The normalized spacial score (nSPS) is 12.6. The number of carbonyl (C=O) groups is 1. The predicted octanol–water partition coefficient (Wildman–Crippen LogP) is 5.45. The second kappa shape index (κ2) is 7.96. The monoisotopic (exact) mass is 412 g/mol. The Bertz CT molecular complexity index is 1090. The van der Waals surface area contributed by atoms with Crippen LogP contribution in [0, 0.1) is 5.82 Å². The molecule has 1 aromatic heterocycles. The van der Waals surface area contributed by atoms with Gasteiger partial charge in [-0.25, -0.2) is 9.37 Å². The first-order valence-electron chi connectivity index (χ1n) is 8.42. The number of hydrogen-bond donors (Lipinski definition) is 1. The Balaban J connectivity index is 1.48. The molecular weight excluding hydrogens is 399 g/mol. The summed E-state index contributed by atoms with van der Waals surface area (Å²) in [4.78, 5) is 17.8. The molecule has 0 unspecified atom stereocenters. The highest BCUT2D eigenvalue weighted by atomic mass is 35.5. The van der Waals surface area contributed by atoms with Crippen molar-refractivity contribution in [2.24, 2.45) is 0 Å². The molecule has 1 aliphatic rings. The van der Waals surface area contributed by atoms with Gasteiger partial charge in [-0.05, 0) is 48.0 Å². The van der Waals surface area contributed by atoms with Crippen LogP contribution in [0.25, 0.3) is 6.08 Å². The van der Waals surface area contributed by atoms with Gasteiger partial charge in [-0.1, -0.05) is 23.7 Å². The van der Waals surface area contributed by atoms with Gasteiger partial charge in [0, 0.05) is 33.7 Å². The first-order chi connectivity index (χ1) is 13.6. The molecular formula is C21H14ClFN2O2S. The smallest absolute Gasteiger partial charge is 0.257 e. The standard InChI is InChI=1S/C21H14ClFN2O2S/c22-16-3-6-19-15(11-16)10-14(7-8-27-19)20(26)25-21-24-12-18(28-21)9-13-1-4-17(23)5-2-13/h1-8,10-12H,9H2,(H,24,25,26). The Hall–Kier alpha value is -2.96. The number of hydrogen-bond acceptors (Lipinski definition) is 4. The minimum Gasteiger partial charge on any atom is -0.464 e. The third kappa shape index (κ3) is 4.30. The molecule has 28 heavy (non-hydrogen) atoms. The molecule has 0 aliphatic carbocycles. The van der Waals surface area contributed by atoms with Gasteiger partial charge in [-0.2, -0.15) is 0 Å². The summed E-state index contributed by atoms with van der Waals surface area (Å²) in [5, 5.41) is 3.85. The second-order valence-electron chi connectivity index (χ2n) is 6.09. The highest BCUT2D eigenvalue weighted by molar-refractivity contribution is 7.15. The van der Waals surface area contributed by atoms with Crippen LogP contribution in [0.5, 0.6) is 5.75 Å². The zero-order valence-electron chi connectivity index (χ0n) is 14.5. The van der Waals surface area contributed by atoms with E-state index in [-0.39, 0.29) is 11.7 Å². The molecule has 0 fully saturated rings. The fraction of sp³-hybridized carbons (Fsp3) is 0.0476. The van der Waals surface area contributed by atoms with Gasteiger partial charge >= 0.3 is 0 Å². The predicted molar refractivity (Wildman–Crippen MR) is 109 cm³/mol. The zero-order chi connectivity index (χ0) is 19.5. The molecule has 1 aliphatic heterocycles. The molecule has 1 N–H and O–H groups in total. The third-order valence-corrected chi connectivity index (χ3v) is 5.20. The van der Waals surface area contributed by atoms with Gasteiger partial charge in [-0.3, -0.25) is 10.1 Å². The number of nitrogens with zero attached hydrogens (tertiary/aromatic N) is 1. The average molecular weight is 413 g/mol. The molecule has 4 rings (SSSR count). The van der Waals surface area contributed by atoms with Gasteiger partial charge in [0.25, 0.3) is 5.91 Å². The molecule has 1 amide bonds. The van der Waals surface area contributed by atoms with Crippen LogP contribution < -0.4 is 10.1 Å². The van der Waals surface area contributed by atoms with E-state index in [0.717, 1.165) is 16.0 Å². The van der Waals surface area contributed by atoms with E-state index < -0.39 is 0 Å². The molecule has 7 heteroatoms. The van der Waals surface area contributed by atoms with Crippen molar-refractivity contribution in [1.82, 2.24) is 4.98 Å². The number of amides is 1. The van der Waals surface area contributed by atoms with Crippen LogP contribution in [-0.4, -0.2) is 10.9 Å². The summed E-state index contributed by atoms with van der Waals surface area (Å²) in [7, 11) is 0. The van der Waals surface area contributed by atoms with E-state index in [4.69, 9.17) is 16.3 Å². The van der Waals surface area contributed by atoms with Crippen molar-refractivity contribution in [2.45, 2.75) is 6.42 Å². The number of rotatable bonds is 4. The van der Waals surface area contributed by atoms with Crippen LogP contribution in [0.1, 0.15) is 16.0 Å². The maximum atomic E-state index is 13.0. The summed E-state index contributed by atoms with van der Waals surface area (Å²) in [5.41, 5.74) is 2.12. The summed E-state index contributed by atoms with van der Waals surface area (Å²) in [6, 6.07) is 11.5. The van der Waals surface area contributed by atoms with E-state index >= 15 is 0 Å². The van der Waals surface area contributed by atoms with E-state index in [2.05, 4.69) is 10.3 Å². The zero-order valence-corrected chi connectivity index (χ0v) is 16.1. The van der Waals surface area contributed by atoms with Crippen LogP contribution in [0.4, 0.5) is 9.52 Å². The van der Waals surface area contributed by atoms with Crippen molar-refractivity contribution >= 4 is 40.1 Å². The number of carbonyl (C=O) groups excluding carboxylic acids is 1. The Labute approximate surface area is 170 Å². The topological polar surface area (TPSA) is 51.2 Å². The second-order valence-corrected chi connectivity index (χ2v) is 7.64. The first-order valence-corrected chi connectivity index (χ1v) is 9.61. The number of nitrogens with one attached hydrogen (secondary N) is 1. The van der Waals surface area contributed by atoms with Crippen LogP contribution in [0.2, 0.25) is 5.02 Å². The van der Waals surface area contributed by atoms with Crippen molar-refractivity contribution in [3.05, 3.63) is 93.4 Å². The van der Waals surface area contributed by atoms with Crippen molar-refractivity contribution < 1.29 is 13.9 Å². The largest absolute Gasteiger partial charge is 0.464 e. The fourth-order valence-electron chi connectivity index (χ4n) is 2.70. The number of ether oxygens (including phenoxy) is 1. The summed E-state index contributed by atoms with van der Waals surface area (Å²) < 4.78 is 18.5. The lowest BCUT2D eigenvalue weighted by atomic mass is 10.1. The van der Waals surface area contributed by atoms with Crippen LogP contribution in [0.15, 0.2) is 66.6 Å². The minimum absolute atomic E-state index is 0.266. The molecule has 0 bridgehead atoms. The first kappa shape index (κ1) is 18.4. The molecule has 0 saturated carbocycles. The molecule has 2 aromatic carbocycles. The van der Waals surface area contributed by atoms with Gasteiger partial charge in [-0.15, -0.1) is 11.3 Å². The highest BCUT2D eigenvalue weighted by Crippen LogP contribution is 2.28. The highest BCUT2D eigenvalue weighted by Gasteiger charge is 2.14. The van der Waals surface area contributed by atoms with Crippen LogP contribution in [0.3, 0.4) is 0 Å². The maximum Gasteiger partial charge on any atom is 0.257 e. The fourth-order valence-corrected chi connectivity index (χ4v) is 3.72. The molecule has 2 heterocycles. The number of anilines is 1. The molecule has 3 aromatic rings. The van der Waals surface area contributed by atoms with Crippen LogP contribution >= 0.6 is 22.9 Å². The molecule has 4 nitrogen and oxygen atoms in total. The molecule has 140 valence electrons. The molecule has 0 radical (unpaired) electrons. The van der Waals surface area contributed by atoms with E-state index in [1.807, 2.05) is 0 Å². The van der Waals surface area contributed by atoms with Gasteiger partial charge in [0.05, 0.1) is 6.26 Å². The van der Waals surface area contributed by atoms with E-state index in [1.165, 1.54) is 29.7 Å². The Morgan fingerprint density at radius 2 is 2.04 bits per heavy atom. The Kier molecular flexibility index (Phi) is 5.23. The molecule has 0 saturated heterocycles. The van der Waals surface area contributed by atoms with Gasteiger partial charge in [0.15, 0.2) is 5.13 Å². The number of thiazole rings is 1. The SMILES string of the molecule is O=C(Nc1ncc(Cc2ccc(F)cc2)s1)C1=Cc2cc(Cl)ccc2OC=C1. The van der Waals surface area contributed by atoms with E-state index in [9.17, 15) is 9.18 Å². The lowest BCUT2D eigenvalue weighted by molar-refractivity contribution is -0.112. The van der Waals surface area contributed by atoms with E-state index in [0.29, 0.717) is 27.9 Å². The lowest BCUT2D eigenvalue weighted by Crippen LogP contribution is -2.12. The summed E-state index contributed by atoms with van der Waals surface area (Å²) in [5.74, 6) is 0.0622. The van der Waals surface area contributed by atoms with Gasteiger partial charge in [0.1, 0.15) is 11.6 Å². The van der Waals surface area contributed by atoms with E-state index in [1.54, 1.807) is 48.7 Å². The number of halogens is 2.